The molecule has 2 heterocycles. The van der Waals surface area contributed by atoms with Gasteiger partial charge >= 0.3 is 0 Å². The second kappa shape index (κ2) is 12.1. The lowest BCUT2D eigenvalue weighted by molar-refractivity contribution is -0.130. The summed E-state index contributed by atoms with van der Waals surface area (Å²) in [5.74, 6) is 0.844. The molecule has 1 aliphatic heterocycles. The molecular weight excluding hydrogens is 499 g/mol. The SMILES string of the molecule is CCNC(=NCC(=O)N1CCc2sccc2C1)NCC1(CCOC)CCCC1.I. The second-order valence-corrected chi connectivity index (χ2v) is 8.93. The van der Waals surface area contributed by atoms with Gasteiger partial charge in [-0.3, -0.25) is 4.79 Å². The van der Waals surface area contributed by atoms with Crippen molar-refractivity contribution < 1.29 is 9.53 Å². The average molecular weight is 535 g/mol. The fourth-order valence-electron chi connectivity index (χ4n) is 4.28. The minimum Gasteiger partial charge on any atom is -0.385 e. The van der Waals surface area contributed by atoms with E-state index in [1.165, 1.54) is 36.1 Å². The van der Waals surface area contributed by atoms with Gasteiger partial charge in [0, 0.05) is 44.8 Å². The van der Waals surface area contributed by atoms with Crippen molar-refractivity contribution in [3.63, 3.8) is 0 Å². The lowest BCUT2D eigenvalue weighted by Gasteiger charge is -2.30. The van der Waals surface area contributed by atoms with Crippen LogP contribution in [-0.2, 0) is 22.5 Å². The monoisotopic (exact) mass is 534 g/mol. The molecule has 0 unspecified atom stereocenters. The van der Waals surface area contributed by atoms with Crippen molar-refractivity contribution in [3.05, 3.63) is 21.9 Å². The Morgan fingerprint density at radius 1 is 1.34 bits per heavy atom. The molecule has 29 heavy (non-hydrogen) atoms. The quantitative estimate of drug-likeness (QED) is 0.305. The van der Waals surface area contributed by atoms with Crippen molar-refractivity contribution in [1.29, 1.82) is 0 Å². The molecule has 0 bridgehead atoms. The summed E-state index contributed by atoms with van der Waals surface area (Å²) in [7, 11) is 1.77. The minimum atomic E-state index is 0. The zero-order valence-electron chi connectivity index (χ0n) is 17.7. The molecule has 0 radical (unpaired) electrons. The first-order valence-electron chi connectivity index (χ1n) is 10.5. The van der Waals surface area contributed by atoms with Gasteiger partial charge in [0.25, 0.3) is 0 Å². The van der Waals surface area contributed by atoms with Crippen molar-refractivity contribution in [1.82, 2.24) is 15.5 Å². The van der Waals surface area contributed by atoms with Crippen LogP contribution >= 0.6 is 35.3 Å². The number of fused-ring (bicyclic) bond motifs is 1. The molecule has 1 fully saturated rings. The summed E-state index contributed by atoms with van der Waals surface area (Å²) in [5.41, 5.74) is 1.58. The van der Waals surface area contributed by atoms with Crippen molar-refractivity contribution in [2.45, 2.75) is 52.0 Å². The number of thiophene rings is 1. The summed E-state index contributed by atoms with van der Waals surface area (Å²) >= 11 is 1.79. The fraction of sp³-hybridized carbons (Fsp3) is 0.714. The minimum absolute atomic E-state index is 0. The Morgan fingerprint density at radius 2 is 2.14 bits per heavy atom. The number of amides is 1. The molecular formula is C21H35IN4O2S. The maximum atomic E-state index is 12.7. The molecule has 0 spiro atoms. The van der Waals surface area contributed by atoms with E-state index < -0.39 is 0 Å². The number of halogens is 1. The maximum Gasteiger partial charge on any atom is 0.244 e. The molecule has 1 aromatic heterocycles. The van der Waals surface area contributed by atoms with E-state index in [0.717, 1.165) is 51.6 Å². The molecule has 0 saturated heterocycles. The number of hydrogen-bond acceptors (Lipinski definition) is 4. The van der Waals surface area contributed by atoms with Gasteiger partial charge in [-0.1, -0.05) is 12.8 Å². The van der Waals surface area contributed by atoms with E-state index in [9.17, 15) is 4.79 Å². The van der Waals surface area contributed by atoms with Crippen molar-refractivity contribution in [2.24, 2.45) is 10.4 Å². The molecule has 6 nitrogen and oxygen atoms in total. The number of aliphatic imine (C=N–C) groups is 1. The molecule has 8 heteroatoms. The molecule has 3 rings (SSSR count). The standard InChI is InChI=1S/C21H34N4O2S.HI/c1-3-22-20(24-16-21(10-12-27-2)8-4-5-9-21)23-14-19(26)25-11-6-18-17(15-25)7-13-28-18;/h7,13H,3-6,8-12,14-16H2,1-2H3,(H2,22,23,24);1H. The van der Waals surface area contributed by atoms with Crippen LogP contribution in [0, 0.1) is 5.41 Å². The summed E-state index contributed by atoms with van der Waals surface area (Å²) in [5, 5.41) is 8.90. The summed E-state index contributed by atoms with van der Waals surface area (Å²) in [4.78, 5) is 20.6. The Morgan fingerprint density at radius 3 is 2.86 bits per heavy atom. The number of hydrogen-bond donors (Lipinski definition) is 2. The van der Waals surface area contributed by atoms with Gasteiger partial charge in [0.1, 0.15) is 6.54 Å². The number of carbonyl (C=O) groups excluding carboxylic acids is 1. The van der Waals surface area contributed by atoms with Crippen LogP contribution in [0.4, 0.5) is 0 Å². The maximum absolute atomic E-state index is 12.7. The van der Waals surface area contributed by atoms with E-state index in [1.54, 1.807) is 18.4 Å². The molecule has 0 aromatic carbocycles. The number of methoxy groups -OCH3 is 1. The molecule has 2 aliphatic rings. The molecule has 1 amide bonds. The van der Waals surface area contributed by atoms with E-state index in [4.69, 9.17) is 4.74 Å². The van der Waals surface area contributed by atoms with Crippen LogP contribution in [0.3, 0.4) is 0 Å². The summed E-state index contributed by atoms with van der Waals surface area (Å²) in [6.07, 6.45) is 7.08. The van der Waals surface area contributed by atoms with Gasteiger partial charge in [0.2, 0.25) is 5.91 Å². The molecule has 1 aliphatic carbocycles. The lowest BCUT2D eigenvalue weighted by atomic mass is 9.83. The zero-order valence-corrected chi connectivity index (χ0v) is 20.8. The second-order valence-electron chi connectivity index (χ2n) is 7.93. The van der Waals surface area contributed by atoms with E-state index >= 15 is 0 Å². The number of nitrogens with one attached hydrogen (secondary N) is 2. The number of nitrogens with zero attached hydrogens (tertiary/aromatic N) is 2. The predicted octanol–water partition coefficient (Wildman–Crippen LogP) is 3.40. The number of guanidine groups is 1. The van der Waals surface area contributed by atoms with Crippen LogP contribution in [0.1, 0.15) is 49.5 Å². The Hall–Kier alpha value is -0.870. The van der Waals surface area contributed by atoms with E-state index in [1.807, 2.05) is 4.90 Å². The Bertz CT molecular complexity index is 673. The normalized spacial score (nSPS) is 18.1. The highest BCUT2D eigenvalue weighted by Crippen LogP contribution is 2.40. The third kappa shape index (κ3) is 6.82. The Kier molecular flexibility index (Phi) is 10.2. The van der Waals surface area contributed by atoms with E-state index in [2.05, 4.69) is 34.0 Å². The predicted molar refractivity (Wildman–Crippen MR) is 130 cm³/mol. The van der Waals surface area contributed by atoms with Crippen molar-refractivity contribution in [2.75, 3.05) is 39.9 Å². The number of rotatable bonds is 8. The van der Waals surface area contributed by atoms with Crippen LogP contribution in [0.5, 0.6) is 0 Å². The molecule has 1 saturated carbocycles. The summed E-state index contributed by atoms with van der Waals surface area (Å²) < 4.78 is 5.33. The summed E-state index contributed by atoms with van der Waals surface area (Å²) in [6, 6.07) is 2.13. The first-order valence-corrected chi connectivity index (χ1v) is 11.4. The molecule has 2 N–H and O–H groups in total. The van der Waals surface area contributed by atoms with Crippen LogP contribution in [0.15, 0.2) is 16.4 Å². The highest BCUT2D eigenvalue weighted by Gasteiger charge is 2.33. The van der Waals surface area contributed by atoms with Gasteiger partial charge in [0.15, 0.2) is 5.96 Å². The van der Waals surface area contributed by atoms with Crippen LogP contribution < -0.4 is 10.6 Å². The van der Waals surface area contributed by atoms with E-state index in [-0.39, 0.29) is 36.4 Å². The van der Waals surface area contributed by atoms with Gasteiger partial charge in [-0.15, -0.1) is 35.3 Å². The van der Waals surface area contributed by atoms with Crippen LogP contribution in [-0.4, -0.2) is 56.7 Å². The highest BCUT2D eigenvalue weighted by molar-refractivity contribution is 14.0. The first kappa shape index (κ1) is 24.4. The summed E-state index contributed by atoms with van der Waals surface area (Å²) in [6.45, 7) is 6.24. The first-order chi connectivity index (χ1) is 13.7. The topological polar surface area (TPSA) is 66.0 Å². The van der Waals surface area contributed by atoms with Gasteiger partial charge in [-0.25, -0.2) is 4.99 Å². The average Bonchev–Trinajstić information content (AvgIpc) is 3.37. The van der Waals surface area contributed by atoms with Gasteiger partial charge in [0.05, 0.1) is 0 Å². The Labute approximate surface area is 195 Å². The number of ether oxygens (including phenoxy) is 1. The van der Waals surface area contributed by atoms with Crippen molar-refractivity contribution in [3.8, 4) is 0 Å². The van der Waals surface area contributed by atoms with Gasteiger partial charge in [-0.05, 0) is 55.0 Å². The number of carbonyl (C=O) groups is 1. The highest BCUT2D eigenvalue weighted by atomic mass is 127. The fourth-order valence-corrected chi connectivity index (χ4v) is 5.17. The third-order valence-corrected chi connectivity index (χ3v) is 7.03. The van der Waals surface area contributed by atoms with Crippen LogP contribution in [0.2, 0.25) is 0 Å². The van der Waals surface area contributed by atoms with Crippen LogP contribution in [0.25, 0.3) is 0 Å². The zero-order chi connectivity index (χ0) is 19.8. The molecule has 0 atom stereocenters. The van der Waals surface area contributed by atoms with Gasteiger partial charge in [-0.2, -0.15) is 0 Å². The van der Waals surface area contributed by atoms with Gasteiger partial charge < -0.3 is 20.3 Å². The Balaban J connectivity index is 0.00000300. The third-order valence-electron chi connectivity index (χ3n) is 6.01. The molecule has 1 aromatic rings. The van der Waals surface area contributed by atoms with E-state index in [0.29, 0.717) is 5.41 Å². The lowest BCUT2D eigenvalue weighted by Crippen LogP contribution is -2.44. The smallest absolute Gasteiger partial charge is 0.244 e. The van der Waals surface area contributed by atoms with Crippen molar-refractivity contribution >= 4 is 47.2 Å². The largest absolute Gasteiger partial charge is 0.385 e. The molecule has 164 valence electrons.